The molecule has 1 atom stereocenters. The number of carboxylic acid groups (broad SMARTS) is 1. The van der Waals surface area contributed by atoms with Gasteiger partial charge >= 0.3 is 5.97 Å². The zero-order chi connectivity index (χ0) is 20.1. The van der Waals surface area contributed by atoms with Crippen molar-refractivity contribution >= 4 is 23.5 Å². The summed E-state index contributed by atoms with van der Waals surface area (Å²) >= 11 is 0. The topological polar surface area (TPSA) is 140 Å². The highest BCUT2D eigenvalue weighted by atomic mass is 16.5. The van der Waals surface area contributed by atoms with E-state index in [1.54, 1.807) is 10.9 Å². The molecule has 150 valence electrons. The number of aromatic nitrogens is 4. The molecule has 1 saturated heterocycles. The van der Waals surface area contributed by atoms with Crippen molar-refractivity contribution in [1.82, 2.24) is 24.9 Å². The molecule has 0 saturated carbocycles. The van der Waals surface area contributed by atoms with Gasteiger partial charge in [0, 0.05) is 32.1 Å². The maximum atomic E-state index is 12.5. The quantitative estimate of drug-likeness (QED) is 0.590. The zero-order valence-electron chi connectivity index (χ0n) is 15.4. The van der Waals surface area contributed by atoms with E-state index in [-0.39, 0.29) is 29.7 Å². The van der Waals surface area contributed by atoms with Crippen molar-refractivity contribution in [1.29, 1.82) is 0 Å². The summed E-state index contributed by atoms with van der Waals surface area (Å²) in [5.41, 5.74) is 0.239. The molecule has 0 aliphatic carbocycles. The van der Waals surface area contributed by atoms with Crippen molar-refractivity contribution in [2.24, 2.45) is 0 Å². The first-order valence-electron chi connectivity index (χ1n) is 9.00. The second-order valence-electron chi connectivity index (χ2n) is 6.34. The molecule has 1 fully saturated rings. The highest BCUT2D eigenvalue weighted by Gasteiger charge is 2.21. The Morgan fingerprint density at radius 1 is 1.32 bits per heavy atom. The lowest BCUT2D eigenvalue weighted by Gasteiger charge is -2.10. The smallest absolute Gasteiger partial charge is 0.356 e. The van der Waals surface area contributed by atoms with Crippen LogP contribution in [0.15, 0.2) is 18.5 Å². The van der Waals surface area contributed by atoms with E-state index in [9.17, 15) is 14.4 Å². The monoisotopic (exact) mass is 390 g/mol. The van der Waals surface area contributed by atoms with Crippen molar-refractivity contribution in [2.75, 3.05) is 18.5 Å². The molecule has 2 amide bonds. The molecule has 28 heavy (non-hydrogen) atoms. The summed E-state index contributed by atoms with van der Waals surface area (Å²) in [6.45, 7) is 3.29. The molecule has 3 rings (SSSR count). The number of nitrogens with zero attached hydrogens (tertiary/aromatic N) is 4. The fourth-order valence-corrected chi connectivity index (χ4v) is 2.84. The van der Waals surface area contributed by atoms with Gasteiger partial charge in [-0.05, 0) is 25.8 Å². The Morgan fingerprint density at radius 3 is 2.79 bits per heavy atom. The fraction of sp³-hybridized carbons (Fsp3) is 0.471. The lowest BCUT2D eigenvalue weighted by Crippen LogP contribution is -2.32. The molecule has 1 unspecified atom stereocenters. The number of amides is 2. The molecule has 2 aromatic heterocycles. The van der Waals surface area contributed by atoms with Gasteiger partial charge in [-0.2, -0.15) is 10.2 Å². The zero-order valence-corrected chi connectivity index (χ0v) is 15.4. The van der Waals surface area contributed by atoms with Crippen molar-refractivity contribution in [3.8, 4) is 0 Å². The highest BCUT2D eigenvalue weighted by Crippen LogP contribution is 2.15. The third-order valence-corrected chi connectivity index (χ3v) is 4.25. The highest BCUT2D eigenvalue weighted by molar-refractivity contribution is 6.02. The molecular weight excluding hydrogens is 368 g/mol. The van der Waals surface area contributed by atoms with E-state index in [1.807, 2.05) is 6.92 Å². The van der Waals surface area contributed by atoms with Crippen molar-refractivity contribution in [2.45, 2.75) is 39.0 Å². The minimum Gasteiger partial charge on any atom is -0.476 e. The van der Waals surface area contributed by atoms with Gasteiger partial charge in [0.15, 0.2) is 11.4 Å². The van der Waals surface area contributed by atoms with E-state index in [4.69, 9.17) is 9.84 Å². The van der Waals surface area contributed by atoms with Gasteiger partial charge in [-0.1, -0.05) is 0 Å². The number of rotatable bonds is 8. The van der Waals surface area contributed by atoms with E-state index in [0.29, 0.717) is 19.7 Å². The molecule has 2 aromatic rings. The van der Waals surface area contributed by atoms with Gasteiger partial charge in [-0.3, -0.25) is 19.0 Å². The lowest BCUT2D eigenvalue weighted by atomic mass is 10.2. The molecule has 3 heterocycles. The van der Waals surface area contributed by atoms with Crippen LogP contribution in [0.2, 0.25) is 0 Å². The fourth-order valence-electron chi connectivity index (χ4n) is 2.84. The van der Waals surface area contributed by atoms with Crippen LogP contribution in [0.1, 0.15) is 40.7 Å². The third-order valence-electron chi connectivity index (χ3n) is 4.25. The summed E-state index contributed by atoms with van der Waals surface area (Å²) in [5.74, 6) is -2.03. The van der Waals surface area contributed by atoms with Crippen molar-refractivity contribution < 1.29 is 24.2 Å². The largest absolute Gasteiger partial charge is 0.476 e. The van der Waals surface area contributed by atoms with E-state index in [2.05, 4.69) is 20.8 Å². The van der Waals surface area contributed by atoms with E-state index in [0.717, 1.165) is 12.8 Å². The summed E-state index contributed by atoms with van der Waals surface area (Å²) in [6, 6.07) is 1.30. The maximum absolute atomic E-state index is 12.5. The summed E-state index contributed by atoms with van der Waals surface area (Å²) < 4.78 is 8.24. The number of carbonyl (C=O) groups is 3. The van der Waals surface area contributed by atoms with Gasteiger partial charge in [0.2, 0.25) is 5.91 Å². The molecule has 0 spiro atoms. The molecule has 1 aliphatic rings. The predicted molar refractivity (Wildman–Crippen MR) is 97.0 cm³/mol. The van der Waals surface area contributed by atoms with Crippen LogP contribution in [0.5, 0.6) is 0 Å². The van der Waals surface area contributed by atoms with Crippen LogP contribution < -0.4 is 10.6 Å². The standard InChI is InChI=1S/C17H22N6O5/c1-2-22-9-13(15(21-22)16(25)18-8-11-4-3-7-28-11)19-14(24)10-23-6-5-12(20-23)17(26)27/h5-6,9,11H,2-4,7-8,10H2,1H3,(H,18,25)(H,19,24)(H,26,27). The maximum Gasteiger partial charge on any atom is 0.356 e. The second kappa shape index (κ2) is 8.65. The van der Waals surface area contributed by atoms with Crippen molar-refractivity contribution in [3.05, 3.63) is 29.8 Å². The molecule has 0 radical (unpaired) electrons. The molecule has 11 heteroatoms. The van der Waals surface area contributed by atoms with Gasteiger partial charge in [-0.15, -0.1) is 0 Å². The molecule has 11 nitrogen and oxygen atoms in total. The molecule has 1 aliphatic heterocycles. The Kier molecular flexibility index (Phi) is 6.04. The minimum absolute atomic E-state index is 0.00139. The molecule has 3 N–H and O–H groups in total. The number of hydrogen-bond donors (Lipinski definition) is 3. The van der Waals surface area contributed by atoms with E-state index >= 15 is 0 Å². The average molecular weight is 390 g/mol. The molecule has 0 bridgehead atoms. The number of aromatic carboxylic acids is 1. The first kappa shape index (κ1) is 19.5. The summed E-state index contributed by atoms with van der Waals surface area (Å²) in [7, 11) is 0. The van der Waals surface area contributed by atoms with Gasteiger partial charge in [0.25, 0.3) is 5.91 Å². The first-order chi connectivity index (χ1) is 13.5. The number of nitrogens with one attached hydrogen (secondary N) is 2. The Balaban J connectivity index is 1.64. The van der Waals surface area contributed by atoms with E-state index in [1.165, 1.54) is 16.9 Å². The summed E-state index contributed by atoms with van der Waals surface area (Å²) in [6.07, 6.45) is 4.84. The Hall–Kier alpha value is -3.21. The van der Waals surface area contributed by atoms with Crippen LogP contribution >= 0.6 is 0 Å². The van der Waals surface area contributed by atoms with Crippen LogP contribution in [0.4, 0.5) is 5.69 Å². The van der Waals surface area contributed by atoms with Crippen LogP contribution in [0, 0.1) is 0 Å². The number of aryl methyl sites for hydroxylation is 1. The number of ether oxygens (including phenoxy) is 1. The van der Waals surface area contributed by atoms with Crippen LogP contribution in [0.3, 0.4) is 0 Å². The van der Waals surface area contributed by atoms with Gasteiger partial charge in [0.05, 0.1) is 11.8 Å². The van der Waals surface area contributed by atoms with Gasteiger partial charge in [0.1, 0.15) is 6.54 Å². The normalized spacial score (nSPS) is 16.1. The minimum atomic E-state index is -1.17. The first-order valence-corrected chi connectivity index (χ1v) is 9.00. The van der Waals surface area contributed by atoms with Crippen LogP contribution in [-0.2, 0) is 22.6 Å². The van der Waals surface area contributed by atoms with Gasteiger partial charge in [-0.25, -0.2) is 4.79 Å². The SMILES string of the molecule is CCn1cc(NC(=O)Cn2ccc(C(=O)O)n2)c(C(=O)NCC2CCCO2)n1. The molecular formula is C17H22N6O5. The number of hydrogen-bond acceptors (Lipinski definition) is 6. The lowest BCUT2D eigenvalue weighted by molar-refractivity contribution is -0.116. The predicted octanol–water partition coefficient (Wildman–Crippen LogP) is 0.345. The molecule has 0 aromatic carbocycles. The van der Waals surface area contributed by atoms with Crippen molar-refractivity contribution in [3.63, 3.8) is 0 Å². The third kappa shape index (κ3) is 4.74. The Morgan fingerprint density at radius 2 is 2.14 bits per heavy atom. The van der Waals surface area contributed by atoms with Gasteiger partial charge < -0.3 is 20.5 Å². The van der Waals surface area contributed by atoms with Crippen LogP contribution in [-0.4, -0.2) is 61.7 Å². The summed E-state index contributed by atoms with van der Waals surface area (Å²) in [4.78, 5) is 35.6. The van der Waals surface area contributed by atoms with Crippen LogP contribution in [0.25, 0.3) is 0 Å². The number of carbonyl (C=O) groups excluding carboxylic acids is 2. The Labute approximate surface area is 160 Å². The summed E-state index contributed by atoms with van der Waals surface area (Å²) in [5, 5.41) is 22.3. The second-order valence-corrected chi connectivity index (χ2v) is 6.34. The number of anilines is 1. The Bertz CT molecular complexity index is 867. The average Bonchev–Trinajstić information content (AvgIpc) is 3.40. The number of carboxylic acids is 1. The van der Waals surface area contributed by atoms with E-state index < -0.39 is 17.8 Å².